The molecule has 0 radical (unpaired) electrons. The van der Waals surface area contributed by atoms with Crippen molar-refractivity contribution in [2.24, 2.45) is 0 Å². The van der Waals surface area contributed by atoms with Gasteiger partial charge in [-0.25, -0.2) is 4.79 Å². The number of para-hydroxylation sites is 2. The third-order valence-electron chi connectivity index (χ3n) is 9.78. The van der Waals surface area contributed by atoms with Gasteiger partial charge in [-0.1, -0.05) is 114 Å². The summed E-state index contributed by atoms with van der Waals surface area (Å²) in [5.74, 6) is -0.678. The van der Waals surface area contributed by atoms with E-state index in [9.17, 15) is 14.7 Å². The van der Waals surface area contributed by atoms with Gasteiger partial charge in [0.2, 0.25) is 0 Å². The van der Waals surface area contributed by atoms with Gasteiger partial charge >= 0.3 is 5.69 Å². The highest BCUT2D eigenvalue weighted by Crippen LogP contribution is 2.39. The van der Waals surface area contributed by atoms with Crippen LogP contribution in [-0.2, 0) is 27.4 Å². The fraction of sp³-hybridized carbons (Fsp3) is 0.333. The topological polar surface area (TPSA) is 109 Å². The smallest absolute Gasteiger partial charge is 0.326 e. The summed E-state index contributed by atoms with van der Waals surface area (Å²) in [6.07, 6.45) is 1.59. The number of hydrogen-bond acceptors (Lipinski definition) is 6. The Morgan fingerprint density at radius 1 is 0.863 bits per heavy atom. The quantitative estimate of drug-likeness (QED) is 0.136. The molecule has 1 aromatic heterocycles. The predicted octanol–water partition coefficient (Wildman–Crippen LogP) is 7.36. The number of aromatic amines is 1. The molecule has 7 rings (SSSR count). The van der Waals surface area contributed by atoms with Crippen molar-refractivity contribution >= 4 is 51.7 Å². The number of amides is 1. The molecule has 266 valence electrons. The molecule has 3 N–H and O–H groups in total. The van der Waals surface area contributed by atoms with E-state index in [1.54, 1.807) is 0 Å². The molecule has 51 heavy (non-hydrogen) atoms. The van der Waals surface area contributed by atoms with E-state index in [-0.39, 0.29) is 37.1 Å². The molecule has 2 aliphatic heterocycles. The van der Waals surface area contributed by atoms with E-state index in [0.717, 1.165) is 76.9 Å². The first kappa shape index (κ1) is 35.7. The summed E-state index contributed by atoms with van der Waals surface area (Å²) in [4.78, 5) is 30.3. The molecule has 0 saturated carbocycles. The van der Waals surface area contributed by atoms with E-state index in [1.165, 1.54) is 0 Å². The summed E-state index contributed by atoms with van der Waals surface area (Å²) in [5.41, 5.74) is 7.41. The van der Waals surface area contributed by atoms with Crippen molar-refractivity contribution in [3.05, 3.63) is 130 Å². The van der Waals surface area contributed by atoms with Gasteiger partial charge < -0.3 is 29.8 Å². The number of likely N-dealkylation sites (tertiary alicyclic amines) is 1. The third kappa shape index (κ3) is 8.36. The molecule has 0 aliphatic carbocycles. The number of alkyl halides is 3. The lowest BCUT2D eigenvalue weighted by Gasteiger charge is -2.40. The zero-order valence-electron chi connectivity index (χ0n) is 27.8. The Balaban J connectivity index is 1.04. The van der Waals surface area contributed by atoms with Crippen LogP contribution in [0.3, 0.4) is 0 Å². The number of H-pyrrole nitrogens is 1. The van der Waals surface area contributed by atoms with Crippen molar-refractivity contribution in [2.75, 3.05) is 19.6 Å². The standard InChI is InChI=1S/C39H39Cl3N4O5/c40-39(41,42)37(48)43-22-26-4-3-5-30(20-26)27-12-14-29(15-13-27)36-50-32(21-35(51-36)28-10-8-25(24-47)9-11-28)23-45-18-16-31(17-19-45)46-34-7-2-1-6-33(34)44-38(46)49/h1-15,20,31-32,35-36,47H,16-19,21-24H2,(H,43,48)(H,44,49)/t32-,35+,36+/m0/s1. The van der Waals surface area contributed by atoms with Crippen LogP contribution in [0.5, 0.6) is 0 Å². The Morgan fingerprint density at radius 3 is 2.31 bits per heavy atom. The van der Waals surface area contributed by atoms with Crippen molar-refractivity contribution < 1.29 is 19.4 Å². The maximum absolute atomic E-state index is 12.8. The maximum Gasteiger partial charge on any atom is 0.326 e. The molecule has 0 unspecified atom stereocenters. The number of carbonyl (C=O) groups excluding carboxylic acids is 1. The molecule has 4 aromatic carbocycles. The third-order valence-corrected chi connectivity index (χ3v) is 10.3. The van der Waals surface area contributed by atoms with Gasteiger partial charge in [0.25, 0.3) is 9.70 Å². The van der Waals surface area contributed by atoms with Crippen LogP contribution in [-0.4, -0.2) is 55.0 Å². The van der Waals surface area contributed by atoms with Crippen LogP contribution in [0.15, 0.2) is 102 Å². The molecule has 2 fully saturated rings. The van der Waals surface area contributed by atoms with Crippen molar-refractivity contribution in [2.45, 2.75) is 60.7 Å². The molecular formula is C39H39Cl3N4O5. The number of ether oxygens (including phenoxy) is 2. The minimum absolute atomic E-state index is 0.0142. The number of fused-ring (bicyclic) bond motifs is 1. The van der Waals surface area contributed by atoms with Gasteiger partial charge in [0.1, 0.15) is 0 Å². The first-order chi connectivity index (χ1) is 24.6. The summed E-state index contributed by atoms with van der Waals surface area (Å²) in [7, 11) is 0. The fourth-order valence-electron chi connectivity index (χ4n) is 7.09. The predicted molar refractivity (Wildman–Crippen MR) is 200 cm³/mol. The van der Waals surface area contributed by atoms with E-state index < -0.39 is 16.0 Å². The van der Waals surface area contributed by atoms with Crippen molar-refractivity contribution in [3.63, 3.8) is 0 Å². The number of nitrogens with zero attached hydrogens (tertiary/aromatic N) is 2. The second-order valence-electron chi connectivity index (χ2n) is 13.2. The summed E-state index contributed by atoms with van der Waals surface area (Å²) in [5, 5.41) is 12.2. The summed E-state index contributed by atoms with van der Waals surface area (Å²) >= 11 is 17.1. The minimum atomic E-state index is -2.02. The van der Waals surface area contributed by atoms with Crippen molar-refractivity contribution in [1.29, 1.82) is 0 Å². The van der Waals surface area contributed by atoms with Gasteiger partial charge in [-0.2, -0.15) is 0 Å². The zero-order valence-corrected chi connectivity index (χ0v) is 30.1. The first-order valence-electron chi connectivity index (χ1n) is 17.1. The van der Waals surface area contributed by atoms with Gasteiger partial charge in [0.15, 0.2) is 6.29 Å². The average molecular weight is 750 g/mol. The molecule has 1 amide bonds. The Labute approximate surface area is 311 Å². The highest BCUT2D eigenvalue weighted by molar-refractivity contribution is 6.76. The molecule has 5 aromatic rings. The second-order valence-corrected chi connectivity index (χ2v) is 15.5. The first-order valence-corrected chi connectivity index (χ1v) is 18.2. The van der Waals surface area contributed by atoms with E-state index >= 15 is 0 Å². The Bertz CT molecular complexity index is 2020. The summed E-state index contributed by atoms with van der Waals surface area (Å²) in [6, 6.07) is 31.8. The molecule has 3 atom stereocenters. The Hall–Kier alpha value is -3.67. The number of halogens is 3. The summed E-state index contributed by atoms with van der Waals surface area (Å²) in [6.45, 7) is 2.68. The molecule has 2 saturated heterocycles. The average Bonchev–Trinajstić information content (AvgIpc) is 3.49. The number of aliphatic hydroxyl groups excluding tert-OH is 1. The van der Waals surface area contributed by atoms with E-state index in [2.05, 4.69) is 15.2 Å². The number of aliphatic hydroxyl groups is 1. The van der Waals surface area contributed by atoms with Crippen LogP contribution >= 0.6 is 34.8 Å². The minimum Gasteiger partial charge on any atom is -0.392 e. The van der Waals surface area contributed by atoms with Crippen LogP contribution in [0.2, 0.25) is 0 Å². The van der Waals surface area contributed by atoms with E-state index in [4.69, 9.17) is 44.3 Å². The number of benzene rings is 4. The Kier molecular flexibility index (Phi) is 10.9. The lowest BCUT2D eigenvalue weighted by molar-refractivity contribution is -0.253. The molecule has 2 aliphatic rings. The van der Waals surface area contributed by atoms with Crippen LogP contribution in [0.1, 0.15) is 60.0 Å². The van der Waals surface area contributed by atoms with Gasteiger partial charge in [-0.15, -0.1) is 0 Å². The number of nitrogens with one attached hydrogen (secondary N) is 2. The molecule has 0 bridgehead atoms. The monoisotopic (exact) mass is 748 g/mol. The number of hydrogen-bond donors (Lipinski definition) is 3. The number of piperidine rings is 1. The molecule has 3 heterocycles. The summed E-state index contributed by atoms with van der Waals surface area (Å²) < 4.78 is 13.2. The number of rotatable bonds is 9. The van der Waals surface area contributed by atoms with E-state index in [1.807, 2.05) is 102 Å². The van der Waals surface area contributed by atoms with Crippen molar-refractivity contribution in [3.8, 4) is 11.1 Å². The number of carbonyl (C=O) groups is 1. The van der Waals surface area contributed by atoms with Crippen LogP contribution in [0, 0.1) is 0 Å². The van der Waals surface area contributed by atoms with Crippen LogP contribution in [0.25, 0.3) is 22.2 Å². The van der Waals surface area contributed by atoms with Gasteiger partial charge in [0.05, 0.1) is 29.8 Å². The largest absolute Gasteiger partial charge is 0.392 e. The van der Waals surface area contributed by atoms with E-state index in [0.29, 0.717) is 6.42 Å². The van der Waals surface area contributed by atoms with Gasteiger partial charge in [-0.3, -0.25) is 9.36 Å². The fourth-order valence-corrected chi connectivity index (χ4v) is 7.29. The number of imidazole rings is 1. The van der Waals surface area contributed by atoms with Crippen LogP contribution in [0.4, 0.5) is 0 Å². The molecule has 0 spiro atoms. The molecular weight excluding hydrogens is 711 g/mol. The SMILES string of the molecule is O=C(NCc1cccc(-c2ccc([C@@H]3O[C@H](CN4CCC(n5c(=O)[nH]c6ccccc65)CC4)C[C@H](c4ccc(CO)cc4)O3)cc2)c1)C(Cl)(Cl)Cl. The lowest BCUT2D eigenvalue weighted by Crippen LogP contribution is -2.43. The van der Waals surface area contributed by atoms with Crippen LogP contribution < -0.4 is 11.0 Å². The highest BCUT2D eigenvalue weighted by Gasteiger charge is 2.34. The second kappa shape index (κ2) is 15.5. The Morgan fingerprint density at radius 2 is 1.59 bits per heavy atom. The lowest BCUT2D eigenvalue weighted by atomic mass is 9.98. The molecule has 9 nitrogen and oxygen atoms in total. The normalized spacial score (nSPS) is 20.4. The molecule has 12 heteroatoms. The van der Waals surface area contributed by atoms with Gasteiger partial charge in [-0.05, 0) is 58.9 Å². The van der Waals surface area contributed by atoms with Crippen molar-refractivity contribution in [1.82, 2.24) is 19.8 Å². The zero-order chi connectivity index (χ0) is 35.5. The maximum atomic E-state index is 12.8. The highest BCUT2D eigenvalue weighted by atomic mass is 35.6. The number of aromatic nitrogens is 2. The van der Waals surface area contributed by atoms with Gasteiger partial charge in [0, 0.05) is 44.2 Å².